The highest BCUT2D eigenvalue weighted by Gasteiger charge is 2.66. The van der Waals surface area contributed by atoms with Gasteiger partial charge in [0.25, 0.3) is 0 Å². The van der Waals surface area contributed by atoms with Crippen LogP contribution in [0.3, 0.4) is 0 Å². The molecule has 11 atom stereocenters. The smallest absolute Gasteiger partial charge is 0.339 e. The minimum absolute atomic E-state index is 0.221. The molecule has 0 aromatic heterocycles. The number of methoxy groups -OCH3 is 1. The van der Waals surface area contributed by atoms with Gasteiger partial charge in [-0.2, -0.15) is 0 Å². The average Bonchev–Trinajstić information content (AvgIpc) is 3.26. The summed E-state index contributed by atoms with van der Waals surface area (Å²) >= 11 is 0. The number of fused-ring (bicyclic) bond motifs is 5. The van der Waals surface area contributed by atoms with Crippen LogP contribution >= 0.6 is 0 Å². The Morgan fingerprint density at radius 1 is 0.886 bits per heavy atom. The van der Waals surface area contributed by atoms with Gasteiger partial charge in [-0.1, -0.05) is 18.4 Å². The van der Waals surface area contributed by atoms with Crippen LogP contribution in [0, 0.1) is 41.4 Å². The maximum absolute atomic E-state index is 12.9. The number of carbonyl (C=O) groups is 5. The Labute approximate surface area is 257 Å². The van der Waals surface area contributed by atoms with Gasteiger partial charge >= 0.3 is 23.9 Å². The largest absolute Gasteiger partial charge is 0.467 e. The fourth-order valence-electron chi connectivity index (χ4n) is 9.02. The zero-order valence-electron chi connectivity index (χ0n) is 26.0. The lowest BCUT2D eigenvalue weighted by Crippen LogP contribution is -2.66. The Hall–Kier alpha value is -3.23. The molecule has 0 radical (unpaired) electrons. The van der Waals surface area contributed by atoms with Gasteiger partial charge < -0.3 is 28.4 Å². The second kappa shape index (κ2) is 12.3. The summed E-state index contributed by atoms with van der Waals surface area (Å²) in [7, 11) is 1.14. The van der Waals surface area contributed by atoms with Crippen molar-refractivity contribution in [3.63, 3.8) is 0 Å². The summed E-state index contributed by atoms with van der Waals surface area (Å²) in [5.41, 5.74) is -0.362. The molecular weight excluding hydrogens is 572 g/mol. The molecule has 1 saturated heterocycles. The Morgan fingerprint density at radius 3 is 2.18 bits per heavy atom. The number of rotatable bonds is 6. The predicted octanol–water partition coefficient (Wildman–Crippen LogP) is 3.21. The van der Waals surface area contributed by atoms with Gasteiger partial charge in [0.2, 0.25) is 6.29 Å². The molecule has 240 valence electrons. The van der Waals surface area contributed by atoms with E-state index in [-0.39, 0.29) is 11.7 Å². The quantitative estimate of drug-likeness (QED) is 0.247. The van der Waals surface area contributed by atoms with Crippen LogP contribution in [0.4, 0.5) is 0 Å². The number of carbonyl (C=O) groups excluding carboxylic acids is 5. The van der Waals surface area contributed by atoms with Crippen LogP contribution in [0.5, 0.6) is 0 Å². The fraction of sp³-hybridized carbons (Fsp3) is 0.727. The van der Waals surface area contributed by atoms with E-state index in [4.69, 9.17) is 34.8 Å². The summed E-state index contributed by atoms with van der Waals surface area (Å²) in [5, 5.41) is 0. The molecule has 4 aliphatic carbocycles. The van der Waals surface area contributed by atoms with Gasteiger partial charge in [0.15, 0.2) is 30.2 Å². The van der Waals surface area contributed by atoms with E-state index in [1.807, 2.05) is 6.08 Å². The molecule has 1 heterocycles. The molecule has 0 spiro atoms. The van der Waals surface area contributed by atoms with Gasteiger partial charge in [-0.3, -0.25) is 19.2 Å². The molecule has 4 fully saturated rings. The zero-order chi connectivity index (χ0) is 32.0. The van der Waals surface area contributed by atoms with Crippen molar-refractivity contribution in [1.29, 1.82) is 0 Å². The first-order valence-electron chi connectivity index (χ1n) is 15.5. The number of hydrogen-bond donors (Lipinski definition) is 0. The standard InChI is InChI=1S/C33H42O11/c1-7-33(15-13-25-24-10-8-20-16-21(37)9-11-22(20)23(24)12-14-32(25,33)5)44-31-29(42-19(4)36)27(41-18(3)35)26(40-17(2)34)28(43-31)30(38)39-6/h1,16,22-29,31H,8-15H2,2-6H3/t22-,23-,24+,25+,26+,27?,28?,29?,31+,32-,33-/m0/s1. The van der Waals surface area contributed by atoms with Crippen LogP contribution < -0.4 is 0 Å². The van der Waals surface area contributed by atoms with E-state index >= 15 is 0 Å². The molecule has 0 bridgehead atoms. The Kier molecular flexibility index (Phi) is 8.98. The molecule has 0 amide bonds. The molecule has 5 aliphatic rings. The first-order chi connectivity index (χ1) is 20.8. The summed E-state index contributed by atoms with van der Waals surface area (Å²) in [6.45, 7) is 5.58. The Bertz CT molecular complexity index is 1280. The van der Waals surface area contributed by atoms with Gasteiger partial charge in [-0.25, -0.2) is 4.79 Å². The third-order valence-electron chi connectivity index (χ3n) is 10.8. The maximum Gasteiger partial charge on any atom is 0.339 e. The van der Waals surface area contributed by atoms with Crippen LogP contribution in [-0.4, -0.2) is 73.1 Å². The highest BCUT2D eigenvalue weighted by Crippen LogP contribution is 2.66. The molecule has 5 rings (SSSR count). The number of allylic oxidation sites excluding steroid dienone is 1. The Morgan fingerprint density at radius 2 is 1.55 bits per heavy atom. The van der Waals surface area contributed by atoms with E-state index < -0.39 is 65.6 Å². The van der Waals surface area contributed by atoms with Crippen molar-refractivity contribution >= 4 is 29.7 Å². The number of hydrogen-bond acceptors (Lipinski definition) is 11. The van der Waals surface area contributed by atoms with Gasteiger partial charge in [0.05, 0.1) is 7.11 Å². The predicted molar refractivity (Wildman–Crippen MR) is 152 cm³/mol. The molecule has 0 N–H and O–H groups in total. The van der Waals surface area contributed by atoms with E-state index in [9.17, 15) is 24.0 Å². The lowest BCUT2D eigenvalue weighted by Gasteiger charge is -2.56. The van der Waals surface area contributed by atoms with Gasteiger partial charge in [-0.05, 0) is 74.7 Å². The molecule has 0 aromatic rings. The van der Waals surface area contributed by atoms with Crippen LogP contribution in [0.15, 0.2) is 11.6 Å². The van der Waals surface area contributed by atoms with Crippen molar-refractivity contribution < 1.29 is 52.4 Å². The SMILES string of the molecule is C#C[C@]1(O[C@H]2OC(C(=O)OC)[C@H](OC(C)=O)C(OC(C)=O)C2OC(C)=O)CC[C@@H]2[C@@H]3CCC4=CC(=O)CC[C@@H]4[C@@H]3CC[C@@]21C. The van der Waals surface area contributed by atoms with Gasteiger partial charge in [0, 0.05) is 32.6 Å². The molecule has 44 heavy (non-hydrogen) atoms. The molecule has 11 heteroatoms. The van der Waals surface area contributed by atoms with Gasteiger partial charge in [0.1, 0.15) is 5.60 Å². The van der Waals surface area contributed by atoms with E-state index in [1.165, 1.54) is 12.5 Å². The molecule has 3 unspecified atom stereocenters. The van der Waals surface area contributed by atoms with Crippen LogP contribution in [0.25, 0.3) is 0 Å². The highest BCUT2D eigenvalue weighted by atomic mass is 16.7. The van der Waals surface area contributed by atoms with Crippen molar-refractivity contribution in [1.82, 2.24) is 0 Å². The van der Waals surface area contributed by atoms with Crippen molar-refractivity contribution in [2.75, 3.05) is 7.11 Å². The van der Waals surface area contributed by atoms with E-state index in [1.54, 1.807) is 0 Å². The summed E-state index contributed by atoms with van der Waals surface area (Å²) in [4.78, 5) is 61.6. The number of terminal acetylenes is 1. The number of esters is 4. The first kappa shape index (κ1) is 32.2. The Balaban J connectivity index is 1.48. The van der Waals surface area contributed by atoms with Crippen LogP contribution in [0.2, 0.25) is 0 Å². The monoisotopic (exact) mass is 614 g/mol. The normalized spacial score (nSPS) is 41.0. The first-order valence-corrected chi connectivity index (χ1v) is 15.5. The summed E-state index contributed by atoms with van der Waals surface area (Å²) in [6, 6.07) is 0. The minimum Gasteiger partial charge on any atom is -0.467 e. The fourth-order valence-corrected chi connectivity index (χ4v) is 9.02. The topological polar surface area (TPSA) is 141 Å². The summed E-state index contributed by atoms with van der Waals surface area (Å²) < 4.78 is 34.3. The molecular formula is C33H42O11. The van der Waals surface area contributed by atoms with Crippen molar-refractivity contribution in [2.24, 2.45) is 29.1 Å². The molecule has 0 aromatic carbocycles. The van der Waals surface area contributed by atoms with Crippen LogP contribution in [0.1, 0.15) is 79.1 Å². The van der Waals surface area contributed by atoms with E-state index in [0.29, 0.717) is 30.6 Å². The molecule has 11 nitrogen and oxygen atoms in total. The molecule has 1 aliphatic heterocycles. The van der Waals surface area contributed by atoms with Crippen LogP contribution in [-0.2, 0) is 52.4 Å². The lowest BCUT2D eigenvalue weighted by molar-refractivity contribution is -0.328. The van der Waals surface area contributed by atoms with Gasteiger partial charge in [-0.15, -0.1) is 6.42 Å². The average molecular weight is 615 g/mol. The van der Waals surface area contributed by atoms with Crippen molar-refractivity contribution in [3.05, 3.63) is 11.6 Å². The minimum atomic E-state index is -1.56. The van der Waals surface area contributed by atoms with Crippen molar-refractivity contribution in [3.8, 4) is 12.3 Å². The second-order valence-corrected chi connectivity index (χ2v) is 13.1. The third kappa shape index (κ3) is 5.56. The van der Waals surface area contributed by atoms with Crippen molar-refractivity contribution in [2.45, 2.75) is 115 Å². The zero-order valence-corrected chi connectivity index (χ0v) is 26.0. The number of ether oxygens (including phenoxy) is 6. The highest BCUT2D eigenvalue weighted by molar-refractivity contribution is 5.91. The maximum atomic E-state index is 12.9. The number of ketones is 1. The van der Waals surface area contributed by atoms with E-state index in [2.05, 4.69) is 12.8 Å². The summed E-state index contributed by atoms with van der Waals surface area (Å²) in [5.74, 6) is 1.53. The van der Waals surface area contributed by atoms with E-state index in [0.717, 1.165) is 59.5 Å². The summed E-state index contributed by atoms with van der Waals surface area (Å²) in [6.07, 6.45) is 7.20. The lowest BCUT2D eigenvalue weighted by atomic mass is 9.50. The second-order valence-electron chi connectivity index (χ2n) is 13.1. The third-order valence-corrected chi connectivity index (χ3v) is 10.8. The molecule has 3 saturated carbocycles.